The van der Waals surface area contributed by atoms with Gasteiger partial charge in [-0.25, -0.2) is 0 Å². The molecule has 0 atom stereocenters. The first-order valence-electron chi connectivity index (χ1n) is 10.5. The van der Waals surface area contributed by atoms with E-state index >= 15 is 0 Å². The Labute approximate surface area is 182 Å². The highest BCUT2D eigenvalue weighted by molar-refractivity contribution is 5.83. The summed E-state index contributed by atoms with van der Waals surface area (Å²) in [5.74, 6) is 0. The summed E-state index contributed by atoms with van der Waals surface area (Å²) in [5, 5.41) is 0. The van der Waals surface area contributed by atoms with Crippen molar-refractivity contribution < 1.29 is 9.30 Å². The largest absolute Gasteiger partial charge is 0.467 e. The molecule has 0 fully saturated rings. The number of nitrogens with zero attached hydrogens (tertiary/aromatic N) is 2. The maximum atomic E-state index is 6.02. The molecule has 1 aromatic heterocycles. The van der Waals surface area contributed by atoms with E-state index in [-0.39, 0.29) is 0 Å². The van der Waals surface area contributed by atoms with E-state index in [1.165, 1.54) is 22.3 Å². The van der Waals surface area contributed by atoms with Gasteiger partial charge in [-0.05, 0) is 72.5 Å². The van der Waals surface area contributed by atoms with Crippen LogP contribution in [0.4, 0.5) is 0 Å². The van der Waals surface area contributed by atoms with Gasteiger partial charge in [0.1, 0.15) is 11.4 Å². The van der Waals surface area contributed by atoms with Crippen LogP contribution in [0.3, 0.4) is 0 Å². The highest BCUT2D eigenvalue weighted by atomic mass is 16.5. The van der Waals surface area contributed by atoms with E-state index < -0.39 is 0 Å². The lowest BCUT2D eigenvalue weighted by molar-refractivity contribution is -0.576. The van der Waals surface area contributed by atoms with Crippen LogP contribution >= 0.6 is 0 Å². The lowest BCUT2D eigenvalue weighted by atomic mass is 10.0. The van der Waals surface area contributed by atoms with E-state index in [0.29, 0.717) is 0 Å². The molecule has 31 heavy (non-hydrogen) atoms. The molecule has 0 radical (unpaired) electrons. The van der Waals surface area contributed by atoms with Crippen LogP contribution in [0.15, 0.2) is 97.1 Å². The second-order valence-corrected chi connectivity index (χ2v) is 7.80. The van der Waals surface area contributed by atoms with E-state index in [2.05, 4.69) is 114 Å². The topological polar surface area (TPSA) is 18.0 Å². The Morgan fingerprint density at radius 3 is 2.10 bits per heavy atom. The zero-order valence-electron chi connectivity index (χ0n) is 18.0. The fourth-order valence-corrected chi connectivity index (χ4v) is 4.32. The molecule has 3 nitrogen and oxygen atoms in total. The van der Waals surface area contributed by atoms with Crippen molar-refractivity contribution in [2.24, 2.45) is 0 Å². The second-order valence-electron chi connectivity index (χ2n) is 7.80. The van der Waals surface area contributed by atoms with Crippen LogP contribution in [-0.2, 0) is 0 Å². The van der Waals surface area contributed by atoms with Crippen molar-refractivity contribution in [3.8, 4) is 28.5 Å². The number of hydrogen-bond acceptors (Lipinski definition) is 1. The minimum absolute atomic E-state index is 0.775. The first kappa shape index (κ1) is 19.1. The first-order valence-corrected chi connectivity index (χ1v) is 10.5. The van der Waals surface area contributed by atoms with Gasteiger partial charge in [0.2, 0.25) is 0 Å². The van der Waals surface area contributed by atoms with Crippen LogP contribution < -0.4 is 9.30 Å². The Morgan fingerprint density at radius 1 is 0.710 bits per heavy atom. The molecule has 0 aliphatic carbocycles. The minimum Gasteiger partial charge on any atom is -0.434 e. The lowest BCUT2D eigenvalue weighted by Crippen LogP contribution is -2.32. The Balaban J connectivity index is 1.89. The van der Waals surface area contributed by atoms with Gasteiger partial charge >= 0.3 is 6.01 Å². The molecule has 0 N–H and O–H groups in total. The van der Waals surface area contributed by atoms with Gasteiger partial charge in [0, 0.05) is 0 Å². The van der Waals surface area contributed by atoms with Crippen LogP contribution in [0.1, 0.15) is 11.1 Å². The molecular weight excluding hydrogens is 380 g/mol. The molecule has 5 aromatic rings. The number of aryl methyl sites for hydroxylation is 2. The molecule has 0 aliphatic heterocycles. The van der Waals surface area contributed by atoms with Gasteiger partial charge in [-0.3, -0.25) is 0 Å². The van der Waals surface area contributed by atoms with Crippen LogP contribution in [0, 0.1) is 13.8 Å². The van der Waals surface area contributed by atoms with Crippen molar-refractivity contribution >= 4 is 11.0 Å². The van der Waals surface area contributed by atoms with Crippen molar-refractivity contribution in [3.05, 3.63) is 108 Å². The third-order valence-corrected chi connectivity index (χ3v) is 5.85. The molecule has 0 aliphatic rings. The van der Waals surface area contributed by atoms with Crippen molar-refractivity contribution in [2.45, 2.75) is 13.8 Å². The normalized spacial score (nSPS) is 11.1. The summed E-state index contributed by atoms with van der Waals surface area (Å²) in [4.78, 5) is 0. The lowest BCUT2D eigenvalue weighted by Gasteiger charge is -2.05. The predicted octanol–water partition coefficient (Wildman–Crippen LogP) is 6.20. The highest BCUT2D eigenvalue weighted by Gasteiger charge is 2.30. The second kappa shape index (κ2) is 7.77. The Kier molecular flexibility index (Phi) is 4.79. The van der Waals surface area contributed by atoms with Gasteiger partial charge in [-0.2, -0.15) is 9.13 Å². The molecule has 0 bridgehead atoms. The van der Waals surface area contributed by atoms with Crippen molar-refractivity contribution in [3.63, 3.8) is 0 Å². The van der Waals surface area contributed by atoms with Gasteiger partial charge in [0.25, 0.3) is 0 Å². The van der Waals surface area contributed by atoms with Gasteiger partial charge in [0.05, 0.1) is 7.11 Å². The SMILES string of the molecule is COc1n(-c2ccccc2)c2cc(-c3ccccc3C)ccc2[n+]1-c1ccccc1C. The molecule has 0 amide bonds. The number of rotatable bonds is 4. The maximum Gasteiger partial charge on any atom is 0.467 e. The maximum absolute atomic E-state index is 6.02. The minimum atomic E-state index is 0.775. The third-order valence-electron chi connectivity index (χ3n) is 5.85. The molecule has 0 saturated carbocycles. The van der Waals surface area contributed by atoms with Gasteiger partial charge in [-0.15, -0.1) is 0 Å². The monoisotopic (exact) mass is 405 g/mol. The zero-order valence-corrected chi connectivity index (χ0v) is 18.0. The molecule has 0 saturated heterocycles. The van der Waals surface area contributed by atoms with Crippen LogP contribution in [-0.4, -0.2) is 11.7 Å². The molecule has 5 rings (SSSR count). The molecule has 1 heterocycles. The van der Waals surface area contributed by atoms with Crippen LogP contribution in [0.5, 0.6) is 6.01 Å². The average Bonchev–Trinajstić information content (AvgIpc) is 3.13. The Bertz CT molecular complexity index is 1380. The molecule has 0 spiro atoms. The fraction of sp³-hybridized carbons (Fsp3) is 0.107. The number of hydrogen-bond donors (Lipinski definition) is 0. The van der Waals surface area contributed by atoms with Crippen LogP contribution in [0.25, 0.3) is 33.5 Å². The van der Waals surface area contributed by atoms with Crippen molar-refractivity contribution in [1.82, 2.24) is 4.57 Å². The predicted molar refractivity (Wildman–Crippen MR) is 126 cm³/mol. The molecule has 0 unspecified atom stereocenters. The van der Waals surface area contributed by atoms with Gasteiger partial charge in [0.15, 0.2) is 11.0 Å². The molecule has 4 aromatic carbocycles. The number of imidazole rings is 1. The molecular formula is C28H25N2O+. The molecule has 3 heteroatoms. The first-order chi connectivity index (χ1) is 15.2. The number of aromatic nitrogens is 2. The van der Waals surface area contributed by atoms with E-state index in [1.807, 2.05) is 6.07 Å². The summed E-state index contributed by atoms with van der Waals surface area (Å²) in [5.41, 5.74) is 9.28. The summed E-state index contributed by atoms with van der Waals surface area (Å²) in [6.07, 6.45) is 0. The summed E-state index contributed by atoms with van der Waals surface area (Å²) < 4.78 is 10.4. The van der Waals surface area contributed by atoms with Crippen molar-refractivity contribution in [2.75, 3.05) is 7.11 Å². The van der Waals surface area contributed by atoms with E-state index in [9.17, 15) is 0 Å². The standard InChI is InChI=1S/C28H25N2O/c1-20-11-7-9-15-24(20)22-17-18-26-27(19-22)29(23-13-5-4-6-14-23)28(31-3)30(26)25-16-10-8-12-21(25)2/h4-19H,1-3H3/q+1. The smallest absolute Gasteiger partial charge is 0.434 e. The van der Waals surface area contributed by atoms with Crippen LogP contribution in [0.2, 0.25) is 0 Å². The Morgan fingerprint density at radius 2 is 1.39 bits per heavy atom. The number of ether oxygens (including phenoxy) is 1. The highest BCUT2D eigenvalue weighted by Crippen LogP contribution is 2.32. The summed E-state index contributed by atoms with van der Waals surface area (Å²) in [7, 11) is 1.74. The number of para-hydroxylation sites is 2. The Hall–Kier alpha value is -3.85. The number of benzene rings is 4. The average molecular weight is 406 g/mol. The molecule has 152 valence electrons. The zero-order chi connectivity index (χ0) is 21.4. The number of methoxy groups -OCH3 is 1. The van der Waals surface area contributed by atoms with Crippen molar-refractivity contribution in [1.29, 1.82) is 0 Å². The van der Waals surface area contributed by atoms with E-state index in [1.54, 1.807) is 7.11 Å². The fourth-order valence-electron chi connectivity index (χ4n) is 4.32. The quantitative estimate of drug-likeness (QED) is 0.326. The summed E-state index contributed by atoms with van der Waals surface area (Å²) >= 11 is 0. The summed E-state index contributed by atoms with van der Waals surface area (Å²) in [6, 6.07) is 34.8. The van der Waals surface area contributed by atoms with E-state index in [4.69, 9.17) is 4.74 Å². The van der Waals surface area contributed by atoms with Gasteiger partial charge in [-0.1, -0.05) is 60.7 Å². The third kappa shape index (κ3) is 3.19. The van der Waals surface area contributed by atoms with Gasteiger partial charge < -0.3 is 4.74 Å². The number of fused-ring (bicyclic) bond motifs is 1. The van der Waals surface area contributed by atoms with E-state index in [0.717, 1.165) is 28.4 Å². The summed E-state index contributed by atoms with van der Waals surface area (Å²) in [6.45, 7) is 4.29.